The summed E-state index contributed by atoms with van der Waals surface area (Å²) in [6.07, 6.45) is -3.86. The molecular weight excluding hydrogens is 397 g/mol. The molecule has 0 radical (unpaired) electrons. The number of aryl methyl sites for hydroxylation is 2. The Labute approximate surface area is 171 Å². The number of rotatable bonds is 7. The molecule has 158 valence electrons. The largest absolute Gasteiger partial charge is 0.493 e. The number of amides is 1. The maximum absolute atomic E-state index is 12.4. The summed E-state index contributed by atoms with van der Waals surface area (Å²) in [6.45, 7) is 0.483. The van der Waals surface area contributed by atoms with Crippen LogP contribution in [-0.4, -0.2) is 30.8 Å². The highest BCUT2D eigenvalue weighted by atomic mass is 19.4. The number of anilines is 1. The zero-order valence-corrected chi connectivity index (χ0v) is 16.5. The van der Waals surface area contributed by atoms with Crippen molar-refractivity contribution in [2.24, 2.45) is 0 Å². The highest BCUT2D eigenvalue weighted by Gasteiger charge is 2.29. The van der Waals surface area contributed by atoms with Gasteiger partial charge in [0.2, 0.25) is 5.91 Å². The zero-order valence-electron chi connectivity index (χ0n) is 16.5. The Kier molecular flexibility index (Phi) is 6.44. The van der Waals surface area contributed by atoms with Crippen LogP contribution in [0, 0.1) is 6.92 Å². The number of carbonyl (C=O) groups is 1. The fourth-order valence-electron chi connectivity index (χ4n) is 2.96. The second kappa shape index (κ2) is 9.02. The number of benzene rings is 2. The molecule has 0 bridgehead atoms. The van der Waals surface area contributed by atoms with Gasteiger partial charge in [-0.2, -0.15) is 13.2 Å². The first-order chi connectivity index (χ1) is 14.2. The van der Waals surface area contributed by atoms with Crippen molar-refractivity contribution in [2.45, 2.75) is 25.9 Å². The van der Waals surface area contributed by atoms with Crippen LogP contribution in [0.2, 0.25) is 0 Å². The summed E-state index contributed by atoms with van der Waals surface area (Å²) >= 11 is 0. The number of methoxy groups -OCH3 is 1. The minimum absolute atomic E-state index is 0.000209. The number of ether oxygens (including phenoxy) is 2. The first kappa shape index (κ1) is 21.4. The monoisotopic (exact) mass is 418 g/mol. The molecule has 1 amide bonds. The average Bonchev–Trinajstić information content (AvgIpc) is 2.70. The van der Waals surface area contributed by atoms with Crippen LogP contribution in [0.5, 0.6) is 11.5 Å². The summed E-state index contributed by atoms with van der Waals surface area (Å²) in [5, 5.41) is 3.81. The SMILES string of the molecule is COc1cc(CCC(=O)Nc2cccc3ccc(C)nc23)ccc1OCC(F)(F)F. The maximum atomic E-state index is 12.4. The number of carbonyl (C=O) groups excluding carboxylic acids is 1. The molecule has 0 aliphatic carbocycles. The summed E-state index contributed by atoms with van der Waals surface area (Å²) in [5.41, 5.74) is 2.95. The molecule has 0 aliphatic rings. The number of aromatic nitrogens is 1. The number of para-hydroxylation sites is 1. The predicted molar refractivity (Wildman–Crippen MR) is 108 cm³/mol. The molecule has 0 unspecified atom stereocenters. The molecule has 3 rings (SSSR count). The molecule has 0 spiro atoms. The average molecular weight is 418 g/mol. The third kappa shape index (κ3) is 5.62. The molecule has 1 N–H and O–H groups in total. The molecule has 3 aromatic rings. The van der Waals surface area contributed by atoms with Crippen LogP contribution in [0.25, 0.3) is 10.9 Å². The molecule has 2 aromatic carbocycles. The van der Waals surface area contributed by atoms with Crippen molar-refractivity contribution in [3.05, 3.63) is 59.8 Å². The Bertz CT molecular complexity index is 1050. The van der Waals surface area contributed by atoms with Gasteiger partial charge in [-0.15, -0.1) is 0 Å². The topological polar surface area (TPSA) is 60.5 Å². The smallest absolute Gasteiger partial charge is 0.422 e. The molecule has 30 heavy (non-hydrogen) atoms. The Balaban J connectivity index is 1.64. The molecule has 0 atom stereocenters. The predicted octanol–water partition coefficient (Wildman–Crippen LogP) is 5.06. The minimum atomic E-state index is -4.43. The van der Waals surface area contributed by atoms with E-state index in [4.69, 9.17) is 9.47 Å². The number of halogens is 3. The Hall–Kier alpha value is -3.29. The second-order valence-electron chi connectivity index (χ2n) is 6.77. The number of hydrogen-bond donors (Lipinski definition) is 1. The van der Waals surface area contributed by atoms with E-state index in [1.165, 1.54) is 13.2 Å². The number of hydrogen-bond acceptors (Lipinski definition) is 4. The highest BCUT2D eigenvalue weighted by Crippen LogP contribution is 2.30. The van der Waals surface area contributed by atoms with Crippen molar-refractivity contribution in [1.29, 1.82) is 0 Å². The molecule has 8 heteroatoms. The zero-order chi connectivity index (χ0) is 21.7. The number of nitrogens with one attached hydrogen (secondary N) is 1. The van der Waals surface area contributed by atoms with Gasteiger partial charge in [-0.05, 0) is 43.2 Å². The van der Waals surface area contributed by atoms with E-state index >= 15 is 0 Å². The summed E-state index contributed by atoms with van der Waals surface area (Å²) in [4.78, 5) is 16.9. The first-order valence-electron chi connectivity index (χ1n) is 9.28. The van der Waals surface area contributed by atoms with Crippen molar-refractivity contribution in [3.8, 4) is 11.5 Å². The Morgan fingerprint density at radius 2 is 1.90 bits per heavy atom. The summed E-state index contributed by atoms with van der Waals surface area (Å²) in [7, 11) is 1.35. The van der Waals surface area contributed by atoms with Crippen LogP contribution in [0.3, 0.4) is 0 Å². The van der Waals surface area contributed by atoms with E-state index in [9.17, 15) is 18.0 Å². The van der Waals surface area contributed by atoms with Gasteiger partial charge in [-0.3, -0.25) is 9.78 Å². The molecule has 0 saturated heterocycles. The lowest BCUT2D eigenvalue weighted by atomic mass is 10.1. The molecule has 0 fully saturated rings. The molecule has 1 aromatic heterocycles. The lowest BCUT2D eigenvalue weighted by Crippen LogP contribution is -2.19. The van der Waals surface area contributed by atoms with Crippen molar-refractivity contribution < 1.29 is 27.4 Å². The van der Waals surface area contributed by atoms with Gasteiger partial charge in [0.05, 0.1) is 18.3 Å². The fraction of sp³-hybridized carbons (Fsp3) is 0.273. The van der Waals surface area contributed by atoms with E-state index in [0.717, 1.165) is 22.2 Å². The van der Waals surface area contributed by atoms with E-state index in [1.54, 1.807) is 18.2 Å². The van der Waals surface area contributed by atoms with Crippen molar-refractivity contribution in [1.82, 2.24) is 4.98 Å². The molecule has 0 aliphatic heterocycles. The van der Waals surface area contributed by atoms with Gasteiger partial charge in [-0.1, -0.05) is 24.3 Å². The van der Waals surface area contributed by atoms with Crippen LogP contribution in [0.1, 0.15) is 17.7 Å². The van der Waals surface area contributed by atoms with Crippen LogP contribution < -0.4 is 14.8 Å². The Morgan fingerprint density at radius 1 is 1.10 bits per heavy atom. The molecule has 0 saturated carbocycles. The van der Waals surface area contributed by atoms with Crippen LogP contribution in [0.4, 0.5) is 18.9 Å². The van der Waals surface area contributed by atoms with Gasteiger partial charge in [0.1, 0.15) is 0 Å². The van der Waals surface area contributed by atoms with E-state index in [-0.39, 0.29) is 23.8 Å². The van der Waals surface area contributed by atoms with Gasteiger partial charge in [0, 0.05) is 17.5 Å². The quantitative estimate of drug-likeness (QED) is 0.582. The third-order valence-electron chi connectivity index (χ3n) is 4.39. The van der Waals surface area contributed by atoms with Gasteiger partial charge in [0.25, 0.3) is 0 Å². The van der Waals surface area contributed by atoms with E-state index in [0.29, 0.717) is 12.1 Å². The number of fused-ring (bicyclic) bond motifs is 1. The van der Waals surface area contributed by atoms with Gasteiger partial charge in [0.15, 0.2) is 18.1 Å². The Morgan fingerprint density at radius 3 is 2.63 bits per heavy atom. The fourth-order valence-corrected chi connectivity index (χ4v) is 2.96. The minimum Gasteiger partial charge on any atom is -0.493 e. The lowest BCUT2D eigenvalue weighted by Gasteiger charge is -2.13. The highest BCUT2D eigenvalue weighted by molar-refractivity contribution is 6.00. The summed E-state index contributed by atoms with van der Waals surface area (Å²) in [6, 6.07) is 14.0. The lowest BCUT2D eigenvalue weighted by molar-refractivity contribution is -0.153. The van der Waals surface area contributed by atoms with Crippen molar-refractivity contribution in [3.63, 3.8) is 0 Å². The van der Waals surface area contributed by atoms with Crippen LogP contribution in [-0.2, 0) is 11.2 Å². The van der Waals surface area contributed by atoms with Crippen molar-refractivity contribution in [2.75, 3.05) is 19.0 Å². The molecule has 1 heterocycles. The van der Waals surface area contributed by atoms with Gasteiger partial charge < -0.3 is 14.8 Å². The second-order valence-corrected chi connectivity index (χ2v) is 6.77. The molecule has 5 nitrogen and oxygen atoms in total. The third-order valence-corrected chi connectivity index (χ3v) is 4.39. The van der Waals surface area contributed by atoms with Gasteiger partial charge >= 0.3 is 6.18 Å². The summed E-state index contributed by atoms with van der Waals surface area (Å²) < 4.78 is 46.9. The number of pyridine rings is 1. The van der Waals surface area contributed by atoms with Crippen LogP contribution in [0.15, 0.2) is 48.5 Å². The van der Waals surface area contributed by atoms with E-state index in [1.807, 2.05) is 31.2 Å². The van der Waals surface area contributed by atoms with Crippen LogP contribution >= 0.6 is 0 Å². The maximum Gasteiger partial charge on any atom is 0.422 e. The number of alkyl halides is 3. The van der Waals surface area contributed by atoms with Crippen molar-refractivity contribution >= 4 is 22.5 Å². The van der Waals surface area contributed by atoms with Gasteiger partial charge in [-0.25, -0.2) is 0 Å². The van der Waals surface area contributed by atoms with E-state index in [2.05, 4.69) is 10.3 Å². The first-order valence-corrected chi connectivity index (χ1v) is 9.28. The standard InChI is InChI=1S/C22H21F3N2O3/c1-14-6-9-16-4-3-5-17(21(16)26-14)27-20(28)11-8-15-7-10-18(19(12-15)29-2)30-13-22(23,24)25/h3-7,9-10,12H,8,11,13H2,1-2H3,(H,27,28). The summed E-state index contributed by atoms with van der Waals surface area (Å²) in [5.74, 6) is -0.00622. The number of nitrogens with zero attached hydrogens (tertiary/aromatic N) is 1. The molecular formula is C22H21F3N2O3. The normalized spacial score (nSPS) is 11.4. The van der Waals surface area contributed by atoms with E-state index < -0.39 is 12.8 Å².